The van der Waals surface area contributed by atoms with Crippen molar-refractivity contribution in [2.45, 2.75) is 44.9 Å². The van der Waals surface area contributed by atoms with Gasteiger partial charge < -0.3 is 15.5 Å². The molecule has 1 aromatic heterocycles. The number of anilines is 3. The van der Waals surface area contributed by atoms with Crippen LogP contribution >= 0.6 is 0 Å². The van der Waals surface area contributed by atoms with Gasteiger partial charge in [0, 0.05) is 43.5 Å². The van der Waals surface area contributed by atoms with Crippen molar-refractivity contribution < 1.29 is 9.59 Å². The van der Waals surface area contributed by atoms with Crippen LogP contribution in [0.2, 0.25) is 0 Å². The Bertz CT molecular complexity index is 862. The Labute approximate surface area is 171 Å². The zero-order valence-electron chi connectivity index (χ0n) is 17.0. The average Bonchev–Trinajstić information content (AvgIpc) is 3.40. The Morgan fingerprint density at radius 1 is 0.966 bits per heavy atom. The molecule has 2 N–H and O–H groups in total. The fourth-order valence-electron chi connectivity index (χ4n) is 4.21. The number of nitrogens with one attached hydrogen (secondary N) is 2. The van der Waals surface area contributed by atoms with Gasteiger partial charge in [-0.25, -0.2) is 0 Å². The molecule has 1 aliphatic heterocycles. The molecule has 4 rings (SSSR count). The van der Waals surface area contributed by atoms with Gasteiger partial charge in [0.15, 0.2) is 5.69 Å². The molecular weight excluding hydrogens is 366 g/mol. The average molecular weight is 396 g/mol. The molecule has 0 atom stereocenters. The van der Waals surface area contributed by atoms with Crippen LogP contribution in [0, 0.1) is 5.92 Å². The molecule has 1 aromatic carbocycles. The van der Waals surface area contributed by atoms with E-state index in [4.69, 9.17) is 0 Å². The van der Waals surface area contributed by atoms with E-state index in [0.717, 1.165) is 44.5 Å². The zero-order valence-corrected chi connectivity index (χ0v) is 17.0. The van der Waals surface area contributed by atoms with Gasteiger partial charge in [0.05, 0.1) is 0 Å². The van der Waals surface area contributed by atoms with Gasteiger partial charge in [-0.1, -0.05) is 12.8 Å². The summed E-state index contributed by atoms with van der Waals surface area (Å²) in [5.41, 5.74) is 2.21. The molecule has 2 aliphatic rings. The van der Waals surface area contributed by atoms with E-state index in [1.165, 1.54) is 24.9 Å². The van der Waals surface area contributed by atoms with Gasteiger partial charge in [-0.2, -0.15) is 5.10 Å². The maximum atomic E-state index is 12.6. The molecule has 1 saturated carbocycles. The van der Waals surface area contributed by atoms with E-state index >= 15 is 0 Å². The van der Waals surface area contributed by atoms with E-state index < -0.39 is 0 Å². The van der Waals surface area contributed by atoms with Gasteiger partial charge in [-0.3, -0.25) is 14.3 Å². The van der Waals surface area contributed by atoms with Crippen molar-refractivity contribution in [1.29, 1.82) is 0 Å². The highest BCUT2D eigenvalue weighted by molar-refractivity contribution is 6.04. The summed E-state index contributed by atoms with van der Waals surface area (Å²) in [7, 11) is 1.73. The lowest BCUT2D eigenvalue weighted by molar-refractivity contribution is -0.119. The quantitative estimate of drug-likeness (QED) is 0.807. The second kappa shape index (κ2) is 8.68. The standard InChI is InChI=1S/C22H29N5O2/c1-26-20(24-21(28)16-7-3-4-8-16)15-19(25-26)22(29)23-17-9-11-18(12-10-17)27-13-5-2-6-14-27/h9-12,15-16H,2-8,13-14H2,1H3,(H,23,29)(H,24,28). The Hall–Kier alpha value is -2.83. The van der Waals surface area contributed by atoms with Crippen LogP contribution in [0.4, 0.5) is 17.2 Å². The number of aromatic nitrogens is 2. The Balaban J connectivity index is 1.37. The number of aryl methyl sites for hydroxylation is 1. The summed E-state index contributed by atoms with van der Waals surface area (Å²) in [6.45, 7) is 2.18. The third-order valence-corrected chi connectivity index (χ3v) is 5.94. The molecule has 2 heterocycles. The molecule has 1 saturated heterocycles. The SMILES string of the molecule is Cn1nc(C(=O)Nc2ccc(N3CCCCC3)cc2)cc1NC(=O)C1CCCC1. The molecule has 2 fully saturated rings. The molecule has 2 amide bonds. The minimum absolute atomic E-state index is 0.0192. The first-order chi connectivity index (χ1) is 14.1. The Kier molecular flexibility index (Phi) is 5.83. The Morgan fingerprint density at radius 3 is 2.34 bits per heavy atom. The van der Waals surface area contributed by atoms with Gasteiger partial charge >= 0.3 is 0 Å². The number of nitrogens with zero attached hydrogens (tertiary/aromatic N) is 3. The summed E-state index contributed by atoms with van der Waals surface area (Å²) in [5, 5.41) is 10.1. The summed E-state index contributed by atoms with van der Waals surface area (Å²) < 4.78 is 1.54. The maximum Gasteiger partial charge on any atom is 0.276 e. The molecular formula is C22H29N5O2. The van der Waals surface area contributed by atoms with Crippen molar-refractivity contribution in [1.82, 2.24) is 9.78 Å². The van der Waals surface area contributed by atoms with Crippen LogP contribution in [-0.2, 0) is 11.8 Å². The highest BCUT2D eigenvalue weighted by atomic mass is 16.2. The predicted octanol–water partition coefficient (Wildman–Crippen LogP) is 3.79. The number of amides is 2. The summed E-state index contributed by atoms with van der Waals surface area (Å²) in [4.78, 5) is 27.3. The summed E-state index contributed by atoms with van der Waals surface area (Å²) >= 11 is 0. The second-order valence-electron chi connectivity index (χ2n) is 8.06. The molecule has 7 nitrogen and oxygen atoms in total. The summed E-state index contributed by atoms with van der Waals surface area (Å²) in [6.07, 6.45) is 7.85. The minimum atomic E-state index is -0.285. The summed E-state index contributed by atoms with van der Waals surface area (Å²) in [5.74, 6) is 0.353. The largest absolute Gasteiger partial charge is 0.372 e. The third-order valence-electron chi connectivity index (χ3n) is 5.94. The monoisotopic (exact) mass is 395 g/mol. The van der Waals surface area contributed by atoms with Crippen molar-refractivity contribution in [2.24, 2.45) is 13.0 Å². The van der Waals surface area contributed by atoms with E-state index in [0.29, 0.717) is 5.82 Å². The molecule has 29 heavy (non-hydrogen) atoms. The van der Waals surface area contributed by atoms with Gasteiger partial charge in [-0.05, 0) is 56.4 Å². The first-order valence-electron chi connectivity index (χ1n) is 10.6. The molecule has 0 unspecified atom stereocenters. The Morgan fingerprint density at radius 2 is 1.66 bits per heavy atom. The van der Waals surface area contributed by atoms with Gasteiger partial charge in [0.2, 0.25) is 5.91 Å². The van der Waals surface area contributed by atoms with E-state index in [2.05, 4.69) is 20.6 Å². The number of benzene rings is 1. The van der Waals surface area contributed by atoms with Crippen molar-refractivity contribution in [3.05, 3.63) is 36.0 Å². The van der Waals surface area contributed by atoms with Gasteiger partial charge in [0.1, 0.15) is 5.82 Å². The fourth-order valence-corrected chi connectivity index (χ4v) is 4.21. The van der Waals surface area contributed by atoms with Crippen LogP contribution in [0.1, 0.15) is 55.4 Å². The maximum absolute atomic E-state index is 12.6. The zero-order chi connectivity index (χ0) is 20.2. The molecule has 0 radical (unpaired) electrons. The molecule has 154 valence electrons. The molecule has 0 spiro atoms. The van der Waals surface area contributed by atoms with Crippen LogP contribution in [0.15, 0.2) is 30.3 Å². The van der Waals surface area contributed by atoms with Crippen molar-refractivity contribution in [3.8, 4) is 0 Å². The highest BCUT2D eigenvalue weighted by Gasteiger charge is 2.24. The number of piperidine rings is 1. The third kappa shape index (κ3) is 4.60. The van der Waals surface area contributed by atoms with E-state index in [-0.39, 0.29) is 23.4 Å². The van der Waals surface area contributed by atoms with Crippen LogP contribution in [0.25, 0.3) is 0 Å². The first-order valence-corrected chi connectivity index (χ1v) is 10.6. The van der Waals surface area contributed by atoms with Crippen LogP contribution in [-0.4, -0.2) is 34.7 Å². The lowest BCUT2D eigenvalue weighted by Crippen LogP contribution is -2.29. The first kappa shape index (κ1) is 19.5. The highest BCUT2D eigenvalue weighted by Crippen LogP contribution is 2.26. The van der Waals surface area contributed by atoms with Crippen LogP contribution in [0.5, 0.6) is 0 Å². The lowest BCUT2D eigenvalue weighted by Gasteiger charge is -2.28. The summed E-state index contributed by atoms with van der Waals surface area (Å²) in [6, 6.07) is 9.57. The lowest BCUT2D eigenvalue weighted by atomic mass is 10.1. The van der Waals surface area contributed by atoms with Gasteiger partial charge in [-0.15, -0.1) is 0 Å². The van der Waals surface area contributed by atoms with Crippen molar-refractivity contribution in [2.75, 3.05) is 28.6 Å². The van der Waals surface area contributed by atoms with Crippen molar-refractivity contribution >= 4 is 29.0 Å². The predicted molar refractivity (Wildman–Crippen MR) is 114 cm³/mol. The molecule has 1 aliphatic carbocycles. The number of carbonyl (C=O) groups is 2. The van der Waals surface area contributed by atoms with Crippen molar-refractivity contribution in [3.63, 3.8) is 0 Å². The fraction of sp³-hybridized carbons (Fsp3) is 0.500. The normalized spacial score (nSPS) is 17.3. The number of rotatable bonds is 5. The number of carbonyl (C=O) groups excluding carboxylic acids is 2. The minimum Gasteiger partial charge on any atom is -0.372 e. The van der Waals surface area contributed by atoms with E-state index in [1.54, 1.807) is 17.8 Å². The molecule has 7 heteroatoms. The number of hydrogen-bond donors (Lipinski definition) is 2. The molecule has 2 aromatic rings. The number of hydrogen-bond acceptors (Lipinski definition) is 4. The van der Waals surface area contributed by atoms with E-state index in [9.17, 15) is 9.59 Å². The van der Waals surface area contributed by atoms with E-state index in [1.807, 2.05) is 24.3 Å². The van der Waals surface area contributed by atoms with Crippen LogP contribution in [0.3, 0.4) is 0 Å². The smallest absolute Gasteiger partial charge is 0.276 e. The topological polar surface area (TPSA) is 79.3 Å². The molecule has 0 bridgehead atoms. The second-order valence-corrected chi connectivity index (χ2v) is 8.06. The van der Waals surface area contributed by atoms with Crippen LogP contribution < -0.4 is 15.5 Å². The van der Waals surface area contributed by atoms with Gasteiger partial charge in [0.25, 0.3) is 5.91 Å².